The van der Waals surface area contributed by atoms with Gasteiger partial charge in [0.1, 0.15) is 11.4 Å². The number of nitrogens with one attached hydrogen (secondary N) is 2. The molecule has 8 nitrogen and oxygen atoms in total. The monoisotopic (exact) mass is 371 g/mol. The van der Waals surface area contributed by atoms with Gasteiger partial charge in [0.25, 0.3) is 0 Å². The smallest absolute Gasteiger partial charge is 0.416 e. The molecule has 0 bridgehead atoms. The summed E-state index contributed by atoms with van der Waals surface area (Å²) >= 11 is 0. The van der Waals surface area contributed by atoms with Crippen molar-refractivity contribution in [3.63, 3.8) is 0 Å². The van der Waals surface area contributed by atoms with Crippen molar-refractivity contribution in [3.05, 3.63) is 29.5 Å². The van der Waals surface area contributed by atoms with Crippen LogP contribution in [0.15, 0.2) is 18.2 Å². The predicted molar refractivity (Wildman–Crippen MR) is 85.8 cm³/mol. The van der Waals surface area contributed by atoms with Gasteiger partial charge in [-0.25, -0.2) is 9.78 Å². The van der Waals surface area contributed by atoms with Gasteiger partial charge < -0.3 is 20.8 Å². The topological polar surface area (TPSA) is 120 Å². The molecular weight excluding hydrogens is 355 g/mol. The van der Waals surface area contributed by atoms with Crippen LogP contribution in [0.5, 0.6) is 5.75 Å². The van der Waals surface area contributed by atoms with Crippen LogP contribution in [0.3, 0.4) is 0 Å². The summed E-state index contributed by atoms with van der Waals surface area (Å²) in [4.78, 5) is 14.6. The molecule has 11 heteroatoms. The Kier molecular flexibility index (Phi) is 5.48. The predicted octanol–water partition coefficient (Wildman–Crippen LogP) is 2.64. The van der Waals surface area contributed by atoms with Gasteiger partial charge in [0, 0.05) is 18.2 Å². The Bertz CT molecular complexity index is 814. The van der Waals surface area contributed by atoms with Crippen LogP contribution in [0, 0.1) is 6.92 Å². The quantitative estimate of drug-likeness (QED) is 0.638. The van der Waals surface area contributed by atoms with Crippen LogP contribution < -0.4 is 10.6 Å². The highest BCUT2D eigenvalue weighted by Gasteiger charge is 2.31. The number of benzene rings is 1. The molecule has 0 spiro atoms. The van der Waals surface area contributed by atoms with Gasteiger partial charge in [-0.1, -0.05) is 0 Å². The van der Waals surface area contributed by atoms with Crippen LogP contribution >= 0.6 is 0 Å². The first kappa shape index (κ1) is 19.2. The molecule has 0 aliphatic heterocycles. The van der Waals surface area contributed by atoms with Crippen molar-refractivity contribution in [1.82, 2.24) is 20.5 Å². The number of carboxylic acid groups (broad SMARTS) is 1. The van der Waals surface area contributed by atoms with Gasteiger partial charge in [0.2, 0.25) is 5.95 Å². The van der Waals surface area contributed by atoms with Crippen LogP contribution in [-0.2, 0) is 6.18 Å². The Morgan fingerprint density at radius 3 is 2.54 bits per heavy atom. The Morgan fingerprint density at radius 1 is 1.31 bits per heavy atom. The van der Waals surface area contributed by atoms with E-state index in [9.17, 15) is 23.1 Å². The molecule has 1 atom stereocenters. The van der Waals surface area contributed by atoms with Crippen LogP contribution in [0.1, 0.15) is 18.2 Å². The number of aromatic hydroxyl groups is 1. The summed E-state index contributed by atoms with van der Waals surface area (Å²) in [5, 5.41) is 31.2. The highest BCUT2D eigenvalue weighted by molar-refractivity contribution is 5.69. The van der Waals surface area contributed by atoms with Gasteiger partial charge in [0.05, 0.1) is 11.3 Å². The van der Waals surface area contributed by atoms with E-state index in [1.807, 2.05) is 0 Å². The number of alkyl halides is 3. The molecule has 0 radical (unpaired) electrons. The van der Waals surface area contributed by atoms with E-state index in [1.54, 1.807) is 13.8 Å². The fourth-order valence-electron chi connectivity index (χ4n) is 2.14. The van der Waals surface area contributed by atoms with Gasteiger partial charge in [-0.15, -0.1) is 10.2 Å². The molecule has 1 aromatic carbocycles. The van der Waals surface area contributed by atoms with E-state index >= 15 is 0 Å². The van der Waals surface area contributed by atoms with Crippen molar-refractivity contribution < 1.29 is 28.2 Å². The molecule has 2 aromatic rings. The Hall–Kier alpha value is -3.11. The van der Waals surface area contributed by atoms with Gasteiger partial charge in [-0.3, -0.25) is 0 Å². The fourth-order valence-corrected chi connectivity index (χ4v) is 2.14. The molecule has 0 aliphatic carbocycles. The summed E-state index contributed by atoms with van der Waals surface area (Å²) in [5.74, 6) is -0.462. The first-order valence-electron chi connectivity index (χ1n) is 7.43. The maximum Gasteiger partial charge on any atom is 0.416 e. The van der Waals surface area contributed by atoms with Crippen LogP contribution in [0.25, 0.3) is 11.3 Å². The largest absolute Gasteiger partial charge is 0.507 e. The molecule has 0 fully saturated rings. The SMILES string of the molecule is Cc1nc(NC[C@@H](C)NC(=O)O)nnc1-c1ccc(C(F)(F)F)cc1O. The van der Waals surface area contributed by atoms with Crippen LogP contribution in [0.2, 0.25) is 0 Å². The molecule has 2 rings (SSSR count). The number of hydrogen-bond donors (Lipinski definition) is 4. The maximum absolute atomic E-state index is 12.7. The van der Waals surface area contributed by atoms with Crippen LogP contribution in [0.4, 0.5) is 23.9 Å². The number of carbonyl (C=O) groups is 1. The molecule has 0 unspecified atom stereocenters. The van der Waals surface area contributed by atoms with Gasteiger partial charge in [-0.2, -0.15) is 13.2 Å². The van der Waals surface area contributed by atoms with Crippen molar-refractivity contribution >= 4 is 12.0 Å². The molecule has 0 saturated heterocycles. The normalized spacial score (nSPS) is 12.5. The lowest BCUT2D eigenvalue weighted by atomic mass is 10.1. The molecule has 0 saturated carbocycles. The minimum atomic E-state index is -4.57. The van der Waals surface area contributed by atoms with Crippen molar-refractivity contribution in [1.29, 1.82) is 0 Å². The second-order valence-corrected chi connectivity index (χ2v) is 5.53. The lowest BCUT2D eigenvalue weighted by Crippen LogP contribution is -2.36. The summed E-state index contributed by atoms with van der Waals surface area (Å²) in [5.41, 5.74) is -0.437. The highest BCUT2D eigenvalue weighted by atomic mass is 19.4. The van der Waals surface area contributed by atoms with Crippen molar-refractivity contribution in [2.24, 2.45) is 0 Å². The third-order valence-electron chi connectivity index (χ3n) is 3.38. The Balaban J connectivity index is 2.18. The molecular formula is C15H16F3N5O3. The summed E-state index contributed by atoms with van der Waals surface area (Å²) in [6.07, 6.45) is -5.73. The van der Waals surface area contributed by atoms with Crippen molar-refractivity contribution in [2.75, 3.05) is 11.9 Å². The number of aromatic nitrogens is 3. The Morgan fingerprint density at radius 2 is 2.00 bits per heavy atom. The van der Waals surface area contributed by atoms with Gasteiger partial charge >= 0.3 is 12.3 Å². The number of nitrogens with zero attached hydrogens (tertiary/aromatic N) is 3. The van der Waals surface area contributed by atoms with E-state index in [1.165, 1.54) is 0 Å². The van der Waals surface area contributed by atoms with Gasteiger partial charge in [-0.05, 0) is 32.0 Å². The lowest BCUT2D eigenvalue weighted by molar-refractivity contribution is -0.137. The zero-order chi connectivity index (χ0) is 19.5. The number of anilines is 1. The number of phenols is 1. The third kappa shape index (κ3) is 4.71. The molecule has 26 heavy (non-hydrogen) atoms. The number of aryl methyl sites for hydroxylation is 1. The minimum Gasteiger partial charge on any atom is -0.507 e. The first-order valence-corrected chi connectivity index (χ1v) is 7.43. The molecule has 1 aromatic heterocycles. The number of phenolic OH excluding ortho intramolecular Hbond substituents is 1. The highest BCUT2D eigenvalue weighted by Crippen LogP contribution is 2.36. The second kappa shape index (κ2) is 7.42. The number of halogens is 3. The zero-order valence-corrected chi connectivity index (χ0v) is 13.8. The first-order chi connectivity index (χ1) is 12.1. The summed E-state index contributed by atoms with van der Waals surface area (Å²) in [7, 11) is 0. The van der Waals surface area contributed by atoms with E-state index < -0.39 is 29.6 Å². The summed E-state index contributed by atoms with van der Waals surface area (Å²) in [6.45, 7) is 3.40. The van der Waals surface area contributed by atoms with E-state index in [0.29, 0.717) is 11.8 Å². The Labute approximate surface area is 146 Å². The van der Waals surface area contributed by atoms with Crippen molar-refractivity contribution in [3.8, 4) is 17.0 Å². The molecule has 4 N–H and O–H groups in total. The standard InChI is InChI=1S/C15H16F3N5O3/c1-7(20-14(25)26)6-19-13-21-8(2)12(22-23-13)10-4-3-9(5-11(10)24)15(16,17)18/h3-5,7,20,24H,6H2,1-2H3,(H,25,26)(H,19,21,23)/t7-/m1/s1. The number of hydrogen-bond acceptors (Lipinski definition) is 6. The molecule has 1 amide bonds. The molecule has 0 aliphatic rings. The van der Waals surface area contributed by atoms with Crippen molar-refractivity contribution in [2.45, 2.75) is 26.1 Å². The zero-order valence-electron chi connectivity index (χ0n) is 13.8. The van der Waals surface area contributed by atoms with E-state index in [2.05, 4.69) is 25.8 Å². The molecule has 140 valence electrons. The fraction of sp³-hybridized carbons (Fsp3) is 0.333. The van der Waals surface area contributed by atoms with E-state index in [4.69, 9.17) is 5.11 Å². The summed E-state index contributed by atoms with van der Waals surface area (Å²) < 4.78 is 38.0. The van der Waals surface area contributed by atoms with Gasteiger partial charge in [0.15, 0.2) is 0 Å². The summed E-state index contributed by atoms with van der Waals surface area (Å²) in [6, 6.07) is 2.14. The number of rotatable bonds is 5. The molecule has 1 heterocycles. The average Bonchev–Trinajstić information content (AvgIpc) is 2.52. The lowest BCUT2D eigenvalue weighted by Gasteiger charge is -2.13. The van der Waals surface area contributed by atoms with Crippen LogP contribution in [-0.4, -0.2) is 44.1 Å². The van der Waals surface area contributed by atoms with E-state index in [0.717, 1.165) is 12.1 Å². The maximum atomic E-state index is 12.7. The van der Waals surface area contributed by atoms with E-state index in [-0.39, 0.29) is 23.8 Å². The minimum absolute atomic E-state index is 0.0722. The number of amides is 1. The second-order valence-electron chi connectivity index (χ2n) is 5.53. The third-order valence-corrected chi connectivity index (χ3v) is 3.38. The average molecular weight is 371 g/mol.